The average Bonchev–Trinajstić information content (AvgIpc) is 3.38. The normalized spacial score (nSPS) is 11.2. The standard InChI is InChI=1S/C24H21N5O/c30-24(11-9-18-8-10-19-5-1-2-6-20(19)13-18)27-21-14-25-29(16-21)17-22-15-28-12-4-3-7-23(28)26-22/h1-8,10,12-16H,9,11,17H2,(H,27,30). The van der Waals surface area contributed by atoms with Crippen molar-refractivity contribution in [3.63, 3.8) is 0 Å². The van der Waals surface area contributed by atoms with Gasteiger partial charge >= 0.3 is 0 Å². The molecule has 3 aromatic heterocycles. The van der Waals surface area contributed by atoms with Gasteiger partial charge in [-0.25, -0.2) is 4.98 Å². The van der Waals surface area contributed by atoms with E-state index in [0.717, 1.165) is 16.9 Å². The van der Waals surface area contributed by atoms with Crippen LogP contribution in [0, 0.1) is 0 Å². The Morgan fingerprint density at radius 1 is 0.967 bits per heavy atom. The summed E-state index contributed by atoms with van der Waals surface area (Å²) in [6, 6.07) is 20.5. The number of carbonyl (C=O) groups excluding carboxylic acids is 1. The largest absolute Gasteiger partial charge is 0.323 e. The minimum atomic E-state index is -0.0181. The van der Waals surface area contributed by atoms with Crippen molar-refractivity contribution in [2.24, 2.45) is 0 Å². The minimum Gasteiger partial charge on any atom is -0.323 e. The van der Waals surface area contributed by atoms with Crippen molar-refractivity contribution < 1.29 is 4.79 Å². The molecule has 0 unspecified atom stereocenters. The third-order valence-corrected chi connectivity index (χ3v) is 5.11. The smallest absolute Gasteiger partial charge is 0.224 e. The molecule has 3 heterocycles. The summed E-state index contributed by atoms with van der Waals surface area (Å²) in [5.74, 6) is -0.0181. The summed E-state index contributed by atoms with van der Waals surface area (Å²) in [6.45, 7) is 0.550. The van der Waals surface area contributed by atoms with Crippen molar-refractivity contribution in [1.82, 2.24) is 19.2 Å². The summed E-state index contributed by atoms with van der Waals surface area (Å²) in [5.41, 5.74) is 3.68. The van der Waals surface area contributed by atoms with Crippen LogP contribution in [0.1, 0.15) is 17.7 Å². The lowest BCUT2D eigenvalue weighted by molar-refractivity contribution is -0.116. The summed E-state index contributed by atoms with van der Waals surface area (Å²) in [5, 5.41) is 9.68. The van der Waals surface area contributed by atoms with Crippen LogP contribution in [0.2, 0.25) is 0 Å². The molecule has 148 valence electrons. The molecule has 0 saturated heterocycles. The van der Waals surface area contributed by atoms with Gasteiger partial charge in [0.15, 0.2) is 0 Å². The Morgan fingerprint density at radius 3 is 2.73 bits per heavy atom. The fourth-order valence-electron chi connectivity index (χ4n) is 3.62. The van der Waals surface area contributed by atoms with Crippen molar-refractivity contribution in [2.75, 3.05) is 5.32 Å². The number of benzene rings is 2. The number of aryl methyl sites for hydroxylation is 1. The summed E-state index contributed by atoms with van der Waals surface area (Å²) in [6.07, 6.45) is 8.58. The van der Waals surface area contributed by atoms with Crippen molar-refractivity contribution in [3.05, 3.63) is 96.7 Å². The van der Waals surface area contributed by atoms with Gasteiger partial charge in [0.2, 0.25) is 5.91 Å². The predicted octanol–water partition coefficient (Wildman–Crippen LogP) is 4.30. The molecule has 0 atom stereocenters. The highest BCUT2D eigenvalue weighted by atomic mass is 16.1. The van der Waals surface area contributed by atoms with Gasteiger partial charge in [-0.15, -0.1) is 0 Å². The molecule has 2 aromatic carbocycles. The van der Waals surface area contributed by atoms with Crippen LogP contribution in [-0.4, -0.2) is 25.1 Å². The monoisotopic (exact) mass is 395 g/mol. The molecular formula is C24H21N5O. The maximum absolute atomic E-state index is 12.4. The fraction of sp³-hybridized carbons (Fsp3) is 0.125. The molecule has 0 aliphatic heterocycles. The highest BCUT2D eigenvalue weighted by Crippen LogP contribution is 2.17. The molecule has 0 aliphatic rings. The van der Waals surface area contributed by atoms with Crippen LogP contribution in [0.4, 0.5) is 5.69 Å². The first-order chi connectivity index (χ1) is 14.7. The number of nitrogens with zero attached hydrogens (tertiary/aromatic N) is 4. The Morgan fingerprint density at radius 2 is 1.83 bits per heavy atom. The molecule has 30 heavy (non-hydrogen) atoms. The van der Waals surface area contributed by atoms with Crippen LogP contribution in [-0.2, 0) is 17.8 Å². The zero-order valence-corrected chi connectivity index (χ0v) is 16.4. The van der Waals surface area contributed by atoms with Gasteiger partial charge in [0.05, 0.1) is 24.1 Å². The molecule has 0 aliphatic carbocycles. The molecule has 0 fully saturated rings. The molecule has 5 aromatic rings. The van der Waals surface area contributed by atoms with Gasteiger partial charge in [0, 0.05) is 25.0 Å². The topological polar surface area (TPSA) is 64.2 Å². The zero-order valence-electron chi connectivity index (χ0n) is 16.4. The Bertz CT molecular complexity index is 1300. The maximum Gasteiger partial charge on any atom is 0.224 e. The van der Waals surface area contributed by atoms with E-state index in [9.17, 15) is 4.79 Å². The highest BCUT2D eigenvalue weighted by molar-refractivity contribution is 5.90. The van der Waals surface area contributed by atoms with Crippen LogP contribution in [0.5, 0.6) is 0 Å². The van der Waals surface area contributed by atoms with E-state index >= 15 is 0 Å². The van der Waals surface area contributed by atoms with Crippen molar-refractivity contribution in [3.8, 4) is 0 Å². The van der Waals surface area contributed by atoms with E-state index in [4.69, 9.17) is 0 Å². The third kappa shape index (κ3) is 3.93. The van der Waals surface area contributed by atoms with E-state index < -0.39 is 0 Å². The molecule has 6 heteroatoms. The number of hydrogen-bond donors (Lipinski definition) is 1. The first-order valence-electron chi connectivity index (χ1n) is 9.95. The lowest BCUT2D eigenvalue weighted by Crippen LogP contribution is -2.12. The minimum absolute atomic E-state index is 0.0181. The van der Waals surface area contributed by atoms with Gasteiger partial charge in [-0.05, 0) is 34.9 Å². The Kier molecular flexibility index (Phi) is 4.73. The number of pyridine rings is 1. The fourth-order valence-corrected chi connectivity index (χ4v) is 3.62. The summed E-state index contributed by atoms with van der Waals surface area (Å²) >= 11 is 0. The third-order valence-electron chi connectivity index (χ3n) is 5.11. The van der Waals surface area contributed by atoms with E-state index in [-0.39, 0.29) is 5.91 Å². The Hall–Kier alpha value is -3.93. The first-order valence-corrected chi connectivity index (χ1v) is 9.95. The number of nitrogens with one attached hydrogen (secondary N) is 1. The summed E-state index contributed by atoms with van der Waals surface area (Å²) in [4.78, 5) is 16.9. The quantitative estimate of drug-likeness (QED) is 0.466. The van der Waals surface area contributed by atoms with Gasteiger partial charge < -0.3 is 9.72 Å². The van der Waals surface area contributed by atoms with Crippen LogP contribution < -0.4 is 5.32 Å². The van der Waals surface area contributed by atoms with Crippen LogP contribution in [0.15, 0.2) is 85.5 Å². The SMILES string of the molecule is O=C(CCc1ccc2ccccc2c1)Nc1cnn(Cc2cn3ccccc3n2)c1. The average molecular weight is 395 g/mol. The number of anilines is 1. The van der Waals surface area contributed by atoms with Gasteiger partial charge in [-0.3, -0.25) is 9.48 Å². The first kappa shape index (κ1) is 18.1. The lowest BCUT2D eigenvalue weighted by atomic mass is 10.0. The van der Waals surface area contributed by atoms with Gasteiger partial charge in [-0.1, -0.05) is 48.5 Å². The molecule has 6 nitrogen and oxygen atoms in total. The number of carbonyl (C=O) groups is 1. The van der Waals surface area contributed by atoms with Crippen LogP contribution in [0.3, 0.4) is 0 Å². The summed E-state index contributed by atoms with van der Waals surface area (Å²) < 4.78 is 3.76. The predicted molar refractivity (Wildman–Crippen MR) is 117 cm³/mol. The molecule has 0 bridgehead atoms. The summed E-state index contributed by atoms with van der Waals surface area (Å²) in [7, 11) is 0. The van der Waals surface area contributed by atoms with E-state index in [1.807, 2.05) is 53.3 Å². The van der Waals surface area contributed by atoms with E-state index in [2.05, 4.69) is 45.7 Å². The second-order valence-electron chi connectivity index (χ2n) is 7.35. The number of rotatable bonds is 6. The van der Waals surface area contributed by atoms with Gasteiger partial charge in [0.1, 0.15) is 5.65 Å². The van der Waals surface area contributed by atoms with E-state index in [0.29, 0.717) is 25.1 Å². The van der Waals surface area contributed by atoms with E-state index in [1.165, 1.54) is 10.8 Å². The maximum atomic E-state index is 12.4. The van der Waals surface area contributed by atoms with Gasteiger partial charge in [0.25, 0.3) is 0 Å². The van der Waals surface area contributed by atoms with Crippen molar-refractivity contribution >= 4 is 28.0 Å². The highest BCUT2D eigenvalue weighted by Gasteiger charge is 2.08. The number of aromatic nitrogens is 4. The number of fused-ring (bicyclic) bond motifs is 2. The lowest BCUT2D eigenvalue weighted by Gasteiger charge is -2.05. The van der Waals surface area contributed by atoms with Crippen LogP contribution in [0.25, 0.3) is 16.4 Å². The van der Waals surface area contributed by atoms with Crippen molar-refractivity contribution in [2.45, 2.75) is 19.4 Å². The Labute approximate surface area is 173 Å². The number of amides is 1. The van der Waals surface area contributed by atoms with Gasteiger partial charge in [-0.2, -0.15) is 5.10 Å². The van der Waals surface area contributed by atoms with E-state index in [1.54, 1.807) is 10.9 Å². The molecule has 0 saturated carbocycles. The molecule has 0 spiro atoms. The molecule has 5 rings (SSSR count). The van der Waals surface area contributed by atoms with Crippen molar-refractivity contribution in [1.29, 1.82) is 0 Å². The second kappa shape index (κ2) is 7.83. The number of hydrogen-bond acceptors (Lipinski definition) is 3. The zero-order chi connectivity index (χ0) is 20.3. The molecule has 0 radical (unpaired) electrons. The molecular weight excluding hydrogens is 374 g/mol. The molecule has 1 amide bonds. The second-order valence-corrected chi connectivity index (χ2v) is 7.35. The molecule has 1 N–H and O–H groups in total. The Balaban J connectivity index is 1.18. The van der Waals surface area contributed by atoms with Crippen LogP contribution >= 0.6 is 0 Å². The number of imidazole rings is 1.